The monoisotopic (exact) mass is 512 g/mol. The van der Waals surface area contributed by atoms with E-state index in [0.29, 0.717) is 55.6 Å². The average molecular weight is 513 g/mol. The van der Waals surface area contributed by atoms with Crippen molar-refractivity contribution in [3.63, 3.8) is 0 Å². The zero-order chi connectivity index (χ0) is 25.7. The highest BCUT2D eigenvalue weighted by molar-refractivity contribution is 7.90. The summed E-state index contributed by atoms with van der Waals surface area (Å²) in [6, 6.07) is 8.93. The van der Waals surface area contributed by atoms with E-state index in [1.54, 1.807) is 36.2 Å². The second-order valence-electron chi connectivity index (χ2n) is 9.76. The van der Waals surface area contributed by atoms with Crippen molar-refractivity contribution in [1.82, 2.24) is 24.3 Å². The number of nitrogens with zero attached hydrogens (tertiary/aromatic N) is 5. The van der Waals surface area contributed by atoms with Crippen molar-refractivity contribution >= 4 is 21.8 Å². The second kappa shape index (κ2) is 8.99. The SMILES string of the molecule is Cn1nc(C(=O)NCc2ccc(C#N)cc2)c2c1C(=O)N(CC1(S(=O)(=O)N3CCC(O)C3)CC1)CC2. The third-order valence-corrected chi connectivity index (χ3v) is 9.96. The normalized spacial score (nSPS) is 21.2. The van der Waals surface area contributed by atoms with Crippen LogP contribution in [-0.4, -0.2) is 81.4 Å². The lowest BCUT2D eigenvalue weighted by Gasteiger charge is -2.32. The van der Waals surface area contributed by atoms with Gasteiger partial charge in [0.2, 0.25) is 10.0 Å². The van der Waals surface area contributed by atoms with E-state index < -0.39 is 26.8 Å². The number of carbonyl (C=O) groups is 2. The number of aliphatic hydroxyl groups is 1. The lowest BCUT2D eigenvalue weighted by Crippen LogP contribution is -2.49. The average Bonchev–Trinajstić information content (AvgIpc) is 3.40. The number of rotatable bonds is 7. The van der Waals surface area contributed by atoms with E-state index in [1.165, 1.54) is 8.99 Å². The van der Waals surface area contributed by atoms with Gasteiger partial charge in [0.25, 0.3) is 11.8 Å². The van der Waals surface area contributed by atoms with Gasteiger partial charge in [-0.15, -0.1) is 0 Å². The number of nitrogens with one attached hydrogen (secondary N) is 1. The summed E-state index contributed by atoms with van der Waals surface area (Å²) in [6.45, 7) is 1.04. The molecule has 3 aliphatic rings. The van der Waals surface area contributed by atoms with E-state index in [-0.39, 0.29) is 31.2 Å². The number of carbonyl (C=O) groups excluding carboxylic acids is 2. The van der Waals surface area contributed by atoms with E-state index in [2.05, 4.69) is 10.4 Å². The van der Waals surface area contributed by atoms with Crippen LogP contribution in [0.4, 0.5) is 0 Å². The van der Waals surface area contributed by atoms with Crippen LogP contribution in [0, 0.1) is 11.3 Å². The fraction of sp³-hybridized carbons (Fsp3) is 0.500. The predicted octanol–water partition coefficient (Wildman–Crippen LogP) is 0.149. The molecule has 11 nitrogen and oxygen atoms in total. The largest absolute Gasteiger partial charge is 0.392 e. The molecule has 2 amide bonds. The lowest BCUT2D eigenvalue weighted by molar-refractivity contribution is 0.0723. The highest BCUT2D eigenvalue weighted by Crippen LogP contribution is 2.47. The number of amides is 2. The van der Waals surface area contributed by atoms with Gasteiger partial charge in [-0.1, -0.05) is 12.1 Å². The summed E-state index contributed by atoms with van der Waals surface area (Å²) in [7, 11) is -2.04. The molecular weight excluding hydrogens is 484 g/mol. The Hall–Kier alpha value is -3.27. The van der Waals surface area contributed by atoms with Crippen LogP contribution in [0.3, 0.4) is 0 Å². The molecule has 2 aromatic rings. The summed E-state index contributed by atoms with van der Waals surface area (Å²) in [5.74, 6) is -0.730. The minimum Gasteiger partial charge on any atom is -0.392 e. The van der Waals surface area contributed by atoms with E-state index >= 15 is 0 Å². The van der Waals surface area contributed by atoms with Crippen molar-refractivity contribution < 1.29 is 23.1 Å². The van der Waals surface area contributed by atoms with E-state index in [4.69, 9.17) is 5.26 Å². The molecule has 1 unspecified atom stereocenters. The molecule has 0 spiro atoms. The van der Waals surface area contributed by atoms with Crippen LogP contribution in [0.1, 0.15) is 56.9 Å². The molecule has 1 saturated heterocycles. The first kappa shape index (κ1) is 24.4. The molecule has 1 aliphatic carbocycles. The van der Waals surface area contributed by atoms with E-state index in [0.717, 1.165) is 5.56 Å². The summed E-state index contributed by atoms with van der Waals surface area (Å²) in [6.07, 6.45) is 1.13. The molecule has 2 aliphatic heterocycles. The zero-order valence-corrected chi connectivity index (χ0v) is 20.8. The summed E-state index contributed by atoms with van der Waals surface area (Å²) < 4.78 is 28.3. The zero-order valence-electron chi connectivity index (χ0n) is 20.0. The van der Waals surface area contributed by atoms with Crippen molar-refractivity contribution in [3.05, 3.63) is 52.3 Å². The molecule has 0 radical (unpaired) electrons. The highest BCUT2D eigenvalue weighted by Gasteiger charge is 2.59. The van der Waals surface area contributed by atoms with Crippen LogP contribution in [0.15, 0.2) is 24.3 Å². The molecule has 3 heterocycles. The number of sulfonamides is 1. The molecule has 2 N–H and O–H groups in total. The molecule has 1 atom stereocenters. The molecule has 2 fully saturated rings. The number of aromatic nitrogens is 2. The van der Waals surface area contributed by atoms with Crippen molar-refractivity contribution in [2.45, 2.75) is 43.1 Å². The van der Waals surface area contributed by atoms with Gasteiger partial charge in [-0.05, 0) is 43.4 Å². The summed E-state index contributed by atoms with van der Waals surface area (Å²) in [4.78, 5) is 27.8. The molecule has 1 saturated carbocycles. The van der Waals surface area contributed by atoms with Crippen molar-refractivity contribution in [3.8, 4) is 6.07 Å². The Balaban J connectivity index is 1.29. The third kappa shape index (κ3) is 4.17. The van der Waals surface area contributed by atoms with Gasteiger partial charge >= 0.3 is 0 Å². The third-order valence-electron chi connectivity index (χ3n) is 7.32. The standard InChI is InChI=1S/C24H28N6O5S/c1-28-21-19(20(27-28)22(32)26-13-17-4-2-16(12-25)3-5-17)7-10-29(23(21)33)15-24(8-9-24)36(34,35)30-11-6-18(31)14-30/h2-5,18,31H,6-11,13-15H2,1H3,(H,26,32). The van der Waals surface area contributed by atoms with E-state index in [9.17, 15) is 23.1 Å². The number of aryl methyl sites for hydroxylation is 1. The predicted molar refractivity (Wildman–Crippen MR) is 128 cm³/mol. The minimum atomic E-state index is -3.64. The van der Waals surface area contributed by atoms with Crippen LogP contribution >= 0.6 is 0 Å². The summed E-state index contributed by atoms with van der Waals surface area (Å²) in [5, 5.41) is 25.8. The van der Waals surface area contributed by atoms with Gasteiger partial charge in [0.05, 0.1) is 17.7 Å². The molecule has 12 heteroatoms. The Morgan fingerprint density at radius 3 is 2.61 bits per heavy atom. The van der Waals surface area contributed by atoms with Crippen molar-refractivity contribution in [2.75, 3.05) is 26.2 Å². The van der Waals surface area contributed by atoms with Crippen molar-refractivity contribution in [2.24, 2.45) is 7.05 Å². The smallest absolute Gasteiger partial charge is 0.272 e. The van der Waals surface area contributed by atoms with Gasteiger partial charge in [0.1, 0.15) is 10.4 Å². The molecule has 0 bridgehead atoms. The quantitative estimate of drug-likeness (QED) is 0.536. The maximum atomic E-state index is 13.4. The van der Waals surface area contributed by atoms with Crippen molar-refractivity contribution in [1.29, 1.82) is 5.26 Å². The second-order valence-corrected chi connectivity index (χ2v) is 12.1. The van der Waals surface area contributed by atoms with Crippen LogP contribution in [-0.2, 0) is 30.0 Å². The van der Waals surface area contributed by atoms with Crippen LogP contribution in [0.5, 0.6) is 0 Å². The minimum absolute atomic E-state index is 0.0889. The molecule has 36 heavy (non-hydrogen) atoms. The number of nitriles is 1. The van der Waals surface area contributed by atoms with Crippen LogP contribution in [0.2, 0.25) is 0 Å². The summed E-state index contributed by atoms with van der Waals surface area (Å²) >= 11 is 0. The fourth-order valence-electron chi connectivity index (χ4n) is 5.05. The highest BCUT2D eigenvalue weighted by atomic mass is 32.2. The Morgan fingerprint density at radius 1 is 1.28 bits per heavy atom. The Labute approximate surface area is 209 Å². The Morgan fingerprint density at radius 2 is 2.00 bits per heavy atom. The van der Waals surface area contributed by atoms with Crippen LogP contribution in [0.25, 0.3) is 0 Å². The maximum absolute atomic E-state index is 13.4. The van der Waals surface area contributed by atoms with Gasteiger partial charge in [-0.2, -0.15) is 14.7 Å². The van der Waals surface area contributed by atoms with Gasteiger partial charge in [-0.3, -0.25) is 14.3 Å². The maximum Gasteiger partial charge on any atom is 0.272 e. The first-order valence-corrected chi connectivity index (χ1v) is 13.4. The Bertz CT molecular complexity index is 1360. The van der Waals surface area contributed by atoms with Gasteiger partial charge in [-0.25, -0.2) is 8.42 Å². The number of aliphatic hydroxyl groups excluding tert-OH is 1. The van der Waals surface area contributed by atoms with Gasteiger partial charge in [0, 0.05) is 45.3 Å². The molecule has 1 aromatic carbocycles. The number of benzene rings is 1. The fourth-order valence-corrected chi connectivity index (χ4v) is 7.25. The van der Waals surface area contributed by atoms with Crippen LogP contribution < -0.4 is 5.32 Å². The molecule has 190 valence electrons. The topological polar surface area (TPSA) is 149 Å². The first-order valence-electron chi connectivity index (χ1n) is 12.0. The molecular formula is C24H28N6O5S. The Kier molecular flexibility index (Phi) is 6.10. The number of fused-ring (bicyclic) bond motifs is 1. The lowest BCUT2D eigenvalue weighted by atomic mass is 10.0. The number of β-amino-alcohol motifs (C(OH)–C–C–N with tert-alkyl or cyclic N) is 1. The van der Waals surface area contributed by atoms with Gasteiger partial charge in [0.15, 0.2) is 5.69 Å². The van der Waals surface area contributed by atoms with Gasteiger partial charge < -0.3 is 15.3 Å². The molecule has 5 rings (SSSR count). The summed E-state index contributed by atoms with van der Waals surface area (Å²) in [5.41, 5.74) is 2.41. The number of hydrogen-bond donors (Lipinski definition) is 2. The number of hydrogen-bond acceptors (Lipinski definition) is 7. The first-order chi connectivity index (χ1) is 17.1. The molecule has 1 aromatic heterocycles. The van der Waals surface area contributed by atoms with E-state index in [1.807, 2.05) is 6.07 Å².